The highest BCUT2D eigenvalue weighted by Gasteiger charge is 2.13. The van der Waals surface area contributed by atoms with E-state index in [1.807, 2.05) is 0 Å². The molecule has 6 nitrogen and oxygen atoms in total. The fraction of sp³-hybridized carbons (Fsp3) is 0.273. The van der Waals surface area contributed by atoms with E-state index in [0.29, 0.717) is 23.0 Å². The zero-order valence-electron chi connectivity index (χ0n) is 9.41. The summed E-state index contributed by atoms with van der Waals surface area (Å²) in [5.74, 6) is 1.04. The van der Waals surface area contributed by atoms with Crippen LogP contribution in [0.1, 0.15) is 5.69 Å². The Morgan fingerprint density at radius 2 is 2.39 bits per heavy atom. The normalized spacial score (nSPS) is 12.5. The number of carboxylic acids is 1. The van der Waals surface area contributed by atoms with E-state index < -0.39 is 12.0 Å². The van der Waals surface area contributed by atoms with Gasteiger partial charge < -0.3 is 19.8 Å². The fourth-order valence-corrected chi connectivity index (χ4v) is 2.14. The Hall–Kier alpha value is -1.73. The van der Waals surface area contributed by atoms with E-state index in [2.05, 4.69) is 5.16 Å². The minimum Gasteiger partial charge on any atom is -0.480 e. The number of rotatable bonds is 6. The molecule has 96 valence electrons. The Balaban J connectivity index is 1.86. The summed E-state index contributed by atoms with van der Waals surface area (Å²) in [6, 6.07) is 4.44. The molecule has 2 rings (SSSR count). The molecule has 1 atom stereocenters. The first kappa shape index (κ1) is 12.7. The minimum absolute atomic E-state index is 0.332. The number of furan rings is 1. The van der Waals surface area contributed by atoms with Gasteiger partial charge in [-0.2, -0.15) is 11.8 Å². The Bertz CT molecular complexity index is 509. The minimum atomic E-state index is -1.00. The Kier molecular flexibility index (Phi) is 4.06. The van der Waals surface area contributed by atoms with E-state index in [4.69, 9.17) is 19.8 Å². The number of hydrogen-bond acceptors (Lipinski definition) is 6. The molecule has 0 bridgehead atoms. The van der Waals surface area contributed by atoms with E-state index in [1.54, 1.807) is 24.5 Å². The molecule has 2 aromatic heterocycles. The standard InChI is InChI=1S/C11H12N2O4S/c12-8(11(14)15)6-18-5-7-4-10(17-13-7)9-2-1-3-16-9/h1-4,8H,5-6,12H2,(H,14,15). The lowest BCUT2D eigenvalue weighted by Gasteiger charge is -2.03. The summed E-state index contributed by atoms with van der Waals surface area (Å²) in [7, 11) is 0. The van der Waals surface area contributed by atoms with E-state index in [1.165, 1.54) is 11.8 Å². The molecule has 7 heteroatoms. The summed E-state index contributed by atoms with van der Waals surface area (Å²) in [6.07, 6.45) is 1.55. The van der Waals surface area contributed by atoms with Gasteiger partial charge in [0.15, 0.2) is 5.76 Å². The summed E-state index contributed by atoms with van der Waals surface area (Å²) >= 11 is 1.39. The molecule has 0 amide bonds. The Morgan fingerprint density at radius 3 is 3.06 bits per heavy atom. The van der Waals surface area contributed by atoms with E-state index in [-0.39, 0.29) is 0 Å². The maximum atomic E-state index is 10.5. The van der Waals surface area contributed by atoms with Gasteiger partial charge in [-0.1, -0.05) is 5.16 Å². The highest BCUT2D eigenvalue weighted by molar-refractivity contribution is 7.98. The van der Waals surface area contributed by atoms with Crippen molar-refractivity contribution in [2.24, 2.45) is 5.73 Å². The van der Waals surface area contributed by atoms with Gasteiger partial charge in [0.05, 0.1) is 12.0 Å². The topological polar surface area (TPSA) is 102 Å². The van der Waals surface area contributed by atoms with Crippen molar-refractivity contribution < 1.29 is 18.8 Å². The fourth-order valence-electron chi connectivity index (χ4n) is 1.28. The van der Waals surface area contributed by atoms with Crippen LogP contribution < -0.4 is 5.73 Å². The number of nitrogens with two attached hydrogens (primary N) is 1. The molecule has 0 fully saturated rings. The van der Waals surface area contributed by atoms with Crippen LogP contribution in [0.3, 0.4) is 0 Å². The number of carbonyl (C=O) groups is 1. The summed E-state index contributed by atoms with van der Waals surface area (Å²) in [5, 5.41) is 12.5. The lowest BCUT2D eigenvalue weighted by Crippen LogP contribution is -2.32. The third kappa shape index (κ3) is 3.14. The van der Waals surface area contributed by atoms with Crippen molar-refractivity contribution in [2.45, 2.75) is 11.8 Å². The van der Waals surface area contributed by atoms with Crippen LogP contribution in [0.5, 0.6) is 0 Å². The van der Waals surface area contributed by atoms with Gasteiger partial charge in [0.25, 0.3) is 0 Å². The lowest BCUT2D eigenvalue weighted by molar-refractivity contribution is -0.137. The first-order valence-corrected chi connectivity index (χ1v) is 6.38. The van der Waals surface area contributed by atoms with Gasteiger partial charge in [-0.05, 0) is 12.1 Å². The lowest BCUT2D eigenvalue weighted by atomic mass is 10.3. The largest absolute Gasteiger partial charge is 0.480 e. The molecular weight excluding hydrogens is 256 g/mol. The van der Waals surface area contributed by atoms with Gasteiger partial charge in [-0.3, -0.25) is 4.79 Å². The van der Waals surface area contributed by atoms with Crippen molar-refractivity contribution in [3.05, 3.63) is 30.2 Å². The molecule has 1 unspecified atom stereocenters. The first-order chi connectivity index (χ1) is 8.66. The summed E-state index contributed by atoms with van der Waals surface area (Å²) < 4.78 is 10.3. The molecule has 2 heterocycles. The quantitative estimate of drug-likeness (QED) is 0.819. The molecule has 2 aromatic rings. The van der Waals surface area contributed by atoms with Crippen LogP contribution in [0.2, 0.25) is 0 Å². The maximum absolute atomic E-state index is 10.5. The zero-order chi connectivity index (χ0) is 13.0. The molecule has 3 N–H and O–H groups in total. The van der Waals surface area contributed by atoms with Crippen molar-refractivity contribution in [1.82, 2.24) is 5.16 Å². The van der Waals surface area contributed by atoms with Crippen LogP contribution >= 0.6 is 11.8 Å². The third-order valence-corrected chi connectivity index (χ3v) is 3.28. The third-order valence-electron chi connectivity index (χ3n) is 2.19. The maximum Gasteiger partial charge on any atom is 0.321 e. The second-order valence-corrected chi connectivity index (χ2v) is 4.65. The van der Waals surface area contributed by atoms with E-state index in [9.17, 15) is 4.79 Å². The van der Waals surface area contributed by atoms with E-state index in [0.717, 1.165) is 5.69 Å². The molecule has 0 aromatic carbocycles. The summed E-state index contributed by atoms with van der Waals surface area (Å²) in [5.41, 5.74) is 6.11. The van der Waals surface area contributed by atoms with Crippen molar-refractivity contribution in [2.75, 3.05) is 5.75 Å². The van der Waals surface area contributed by atoms with Crippen LogP contribution in [-0.2, 0) is 10.5 Å². The highest BCUT2D eigenvalue weighted by atomic mass is 32.2. The van der Waals surface area contributed by atoms with Crippen molar-refractivity contribution in [1.29, 1.82) is 0 Å². The van der Waals surface area contributed by atoms with Gasteiger partial charge in [0.1, 0.15) is 6.04 Å². The molecule has 0 aliphatic rings. The number of hydrogen-bond donors (Lipinski definition) is 2. The predicted octanol–water partition coefficient (Wildman–Crippen LogP) is 1.58. The molecule has 0 spiro atoms. The monoisotopic (exact) mass is 268 g/mol. The Morgan fingerprint density at radius 1 is 1.56 bits per heavy atom. The van der Waals surface area contributed by atoms with Crippen LogP contribution in [0.4, 0.5) is 0 Å². The molecule has 0 radical (unpaired) electrons. The number of carboxylic acid groups (broad SMARTS) is 1. The predicted molar refractivity (Wildman–Crippen MR) is 66.0 cm³/mol. The average Bonchev–Trinajstić information content (AvgIpc) is 2.98. The SMILES string of the molecule is NC(CSCc1cc(-c2ccco2)on1)C(=O)O. The van der Waals surface area contributed by atoms with Gasteiger partial charge >= 0.3 is 5.97 Å². The summed E-state index contributed by atoms with van der Waals surface area (Å²) in [4.78, 5) is 10.5. The number of aliphatic carboxylic acids is 1. The van der Waals surface area contributed by atoms with Crippen molar-refractivity contribution >= 4 is 17.7 Å². The van der Waals surface area contributed by atoms with Gasteiger partial charge in [-0.25, -0.2) is 0 Å². The second kappa shape index (κ2) is 5.74. The van der Waals surface area contributed by atoms with Gasteiger partial charge in [-0.15, -0.1) is 0 Å². The van der Waals surface area contributed by atoms with E-state index >= 15 is 0 Å². The first-order valence-electron chi connectivity index (χ1n) is 5.22. The number of aromatic nitrogens is 1. The Labute approximate surface area is 107 Å². The van der Waals surface area contributed by atoms with Crippen LogP contribution in [0, 0.1) is 0 Å². The molecule has 0 saturated heterocycles. The smallest absolute Gasteiger partial charge is 0.321 e. The molecule has 0 aliphatic carbocycles. The second-order valence-electron chi connectivity index (χ2n) is 3.62. The molecule has 18 heavy (non-hydrogen) atoms. The van der Waals surface area contributed by atoms with Crippen molar-refractivity contribution in [3.8, 4) is 11.5 Å². The molecule has 0 aliphatic heterocycles. The van der Waals surface area contributed by atoms with Crippen molar-refractivity contribution in [3.63, 3.8) is 0 Å². The number of thioether (sulfide) groups is 1. The van der Waals surface area contributed by atoms with Crippen LogP contribution in [0.25, 0.3) is 11.5 Å². The molecular formula is C11H12N2O4S. The van der Waals surface area contributed by atoms with Crippen LogP contribution in [0.15, 0.2) is 33.4 Å². The summed E-state index contributed by atoms with van der Waals surface area (Å²) in [6.45, 7) is 0. The average molecular weight is 268 g/mol. The van der Waals surface area contributed by atoms with Gasteiger partial charge in [0.2, 0.25) is 5.76 Å². The van der Waals surface area contributed by atoms with Crippen LogP contribution in [-0.4, -0.2) is 28.0 Å². The highest BCUT2D eigenvalue weighted by Crippen LogP contribution is 2.22. The van der Waals surface area contributed by atoms with Gasteiger partial charge in [0, 0.05) is 17.6 Å². The number of nitrogens with zero attached hydrogens (tertiary/aromatic N) is 1. The molecule has 0 saturated carbocycles. The zero-order valence-corrected chi connectivity index (χ0v) is 10.2.